The van der Waals surface area contributed by atoms with Crippen molar-refractivity contribution in [1.29, 1.82) is 0 Å². The van der Waals surface area contributed by atoms with Crippen LogP contribution in [0.4, 0.5) is 4.39 Å². The van der Waals surface area contributed by atoms with Crippen LogP contribution in [0.5, 0.6) is 5.75 Å². The number of ether oxygens (including phenoxy) is 2. The normalized spacial score (nSPS) is 16.2. The maximum Gasteiger partial charge on any atom is 0.237 e. The number of furan rings is 1. The van der Waals surface area contributed by atoms with Crippen LogP contribution < -0.4 is 4.74 Å². The summed E-state index contributed by atoms with van der Waals surface area (Å²) in [5.74, 6) is 0.948. The zero-order valence-corrected chi connectivity index (χ0v) is 21.3. The van der Waals surface area contributed by atoms with Gasteiger partial charge in [0.15, 0.2) is 0 Å². The van der Waals surface area contributed by atoms with E-state index in [9.17, 15) is 14.3 Å². The molecule has 0 fully saturated rings. The van der Waals surface area contributed by atoms with Crippen molar-refractivity contribution in [1.82, 2.24) is 9.80 Å². The Hall–Kier alpha value is -2.72. The highest BCUT2D eigenvalue weighted by molar-refractivity contribution is 7.10. The summed E-state index contributed by atoms with van der Waals surface area (Å²) in [6.07, 6.45) is 2.53. The third kappa shape index (κ3) is 7.16. The SMILES string of the molecule is CCCN(CC(=O)N1CCc2sccc2C1COc1ccc(F)cc1)CC(O)COCc1ccco1. The van der Waals surface area contributed by atoms with Crippen LogP contribution in [0.25, 0.3) is 0 Å². The van der Waals surface area contributed by atoms with Crippen molar-refractivity contribution >= 4 is 17.2 Å². The summed E-state index contributed by atoms with van der Waals surface area (Å²) >= 11 is 1.70. The summed E-state index contributed by atoms with van der Waals surface area (Å²) in [5.41, 5.74) is 1.11. The molecule has 0 spiro atoms. The molecule has 194 valence electrons. The molecule has 3 heterocycles. The quantitative estimate of drug-likeness (QED) is 0.366. The van der Waals surface area contributed by atoms with Gasteiger partial charge >= 0.3 is 0 Å². The second-order valence-corrected chi connectivity index (χ2v) is 9.90. The number of aliphatic hydroxyl groups is 1. The number of aliphatic hydroxyl groups excluding tert-OH is 1. The standard InChI is InChI=1S/C27H33FN2O5S/c1-2-11-29(15-21(31)17-33-18-23-4-3-13-34-23)16-27(32)30-12-9-26-24(10-14-36-26)25(30)19-35-22-7-5-20(28)6-8-22/h3-8,10,13-14,21,25,31H,2,9,11-12,15-19H2,1H3. The third-order valence-corrected chi connectivity index (χ3v) is 7.14. The average Bonchev–Trinajstić information content (AvgIpc) is 3.56. The number of carbonyl (C=O) groups excluding carboxylic acids is 1. The summed E-state index contributed by atoms with van der Waals surface area (Å²) in [6, 6.07) is 11.4. The number of halogens is 1. The smallest absolute Gasteiger partial charge is 0.237 e. The van der Waals surface area contributed by atoms with Crippen LogP contribution in [-0.4, -0.2) is 66.3 Å². The fourth-order valence-corrected chi connectivity index (χ4v) is 5.38. The van der Waals surface area contributed by atoms with Crippen molar-refractivity contribution in [3.8, 4) is 5.75 Å². The van der Waals surface area contributed by atoms with Gasteiger partial charge in [-0.1, -0.05) is 6.92 Å². The van der Waals surface area contributed by atoms with Gasteiger partial charge in [-0.05, 0) is 72.8 Å². The first-order valence-electron chi connectivity index (χ1n) is 12.3. The van der Waals surface area contributed by atoms with Gasteiger partial charge in [-0.15, -0.1) is 11.3 Å². The van der Waals surface area contributed by atoms with Gasteiger partial charge in [0.25, 0.3) is 0 Å². The predicted octanol–water partition coefficient (Wildman–Crippen LogP) is 4.27. The minimum absolute atomic E-state index is 0.00305. The van der Waals surface area contributed by atoms with E-state index < -0.39 is 6.10 Å². The van der Waals surface area contributed by atoms with Crippen molar-refractivity contribution in [3.63, 3.8) is 0 Å². The lowest BCUT2D eigenvalue weighted by Gasteiger charge is -2.37. The Balaban J connectivity index is 1.36. The van der Waals surface area contributed by atoms with Crippen LogP contribution in [0.2, 0.25) is 0 Å². The number of hydrogen-bond donors (Lipinski definition) is 1. The van der Waals surface area contributed by atoms with E-state index >= 15 is 0 Å². The van der Waals surface area contributed by atoms with E-state index in [1.165, 1.54) is 17.0 Å². The van der Waals surface area contributed by atoms with Crippen molar-refractivity contribution in [3.05, 3.63) is 76.1 Å². The van der Waals surface area contributed by atoms with Crippen LogP contribution in [0.3, 0.4) is 0 Å². The largest absolute Gasteiger partial charge is 0.491 e. The van der Waals surface area contributed by atoms with Crippen LogP contribution >= 0.6 is 11.3 Å². The highest BCUT2D eigenvalue weighted by atomic mass is 32.1. The second kappa shape index (κ2) is 13.0. The molecule has 1 N–H and O–H groups in total. The van der Waals surface area contributed by atoms with E-state index in [1.54, 1.807) is 35.8 Å². The van der Waals surface area contributed by atoms with Crippen molar-refractivity contribution in [2.24, 2.45) is 0 Å². The number of thiophene rings is 1. The van der Waals surface area contributed by atoms with Crippen molar-refractivity contribution in [2.45, 2.75) is 38.5 Å². The lowest BCUT2D eigenvalue weighted by Crippen LogP contribution is -2.48. The van der Waals surface area contributed by atoms with Gasteiger partial charge in [-0.3, -0.25) is 9.69 Å². The van der Waals surface area contributed by atoms with E-state index in [4.69, 9.17) is 13.9 Å². The molecule has 1 amide bonds. The van der Waals surface area contributed by atoms with Gasteiger partial charge in [-0.2, -0.15) is 0 Å². The predicted molar refractivity (Wildman–Crippen MR) is 135 cm³/mol. The lowest BCUT2D eigenvalue weighted by atomic mass is 10.0. The van der Waals surface area contributed by atoms with E-state index in [1.807, 2.05) is 21.2 Å². The Kier molecular flexibility index (Phi) is 9.52. The Bertz CT molecular complexity index is 1070. The Morgan fingerprint density at radius 2 is 2.14 bits per heavy atom. The van der Waals surface area contributed by atoms with Crippen LogP contribution in [0, 0.1) is 5.82 Å². The van der Waals surface area contributed by atoms with Gasteiger partial charge < -0.3 is 23.9 Å². The maximum absolute atomic E-state index is 13.5. The topological polar surface area (TPSA) is 75.4 Å². The summed E-state index contributed by atoms with van der Waals surface area (Å²) in [6.45, 7) is 4.64. The molecule has 4 rings (SSSR count). The lowest BCUT2D eigenvalue weighted by molar-refractivity contribution is -0.136. The van der Waals surface area contributed by atoms with Gasteiger partial charge in [-0.25, -0.2) is 4.39 Å². The van der Waals surface area contributed by atoms with Crippen molar-refractivity contribution in [2.75, 3.05) is 39.4 Å². The molecule has 2 unspecified atom stereocenters. The van der Waals surface area contributed by atoms with Gasteiger partial charge in [0.1, 0.15) is 30.5 Å². The molecule has 0 saturated heterocycles. The molecule has 2 aromatic heterocycles. The number of amides is 1. The van der Waals surface area contributed by atoms with Gasteiger partial charge in [0, 0.05) is 18.0 Å². The molecule has 0 aliphatic carbocycles. The van der Waals surface area contributed by atoms with Gasteiger partial charge in [0.05, 0.1) is 31.6 Å². The number of rotatable bonds is 13. The summed E-state index contributed by atoms with van der Waals surface area (Å²) in [4.78, 5) is 18.6. The van der Waals surface area contributed by atoms with E-state index in [-0.39, 0.29) is 37.5 Å². The number of carbonyl (C=O) groups is 1. The molecule has 36 heavy (non-hydrogen) atoms. The number of hydrogen-bond acceptors (Lipinski definition) is 7. The summed E-state index contributed by atoms with van der Waals surface area (Å²) < 4.78 is 30.0. The van der Waals surface area contributed by atoms with Crippen LogP contribution in [0.15, 0.2) is 58.5 Å². The minimum atomic E-state index is -0.721. The molecule has 0 radical (unpaired) electrons. The molecule has 1 aromatic carbocycles. The molecule has 2 atom stereocenters. The molecule has 0 saturated carbocycles. The molecule has 3 aromatic rings. The second-order valence-electron chi connectivity index (χ2n) is 8.90. The zero-order chi connectivity index (χ0) is 25.3. The minimum Gasteiger partial charge on any atom is -0.491 e. The Labute approximate surface area is 215 Å². The first-order chi connectivity index (χ1) is 17.5. The number of fused-ring (bicyclic) bond motifs is 1. The van der Waals surface area contributed by atoms with Crippen LogP contribution in [-0.2, 0) is 22.6 Å². The Morgan fingerprint density at radius 1 is 1.31 bits per heavy atom. The first-order valence-corrected chi connectivity index (χ1v) is 13.2. The fourth-order valence-electron chi connectivity index (χ4n) is 4.45. The third-order valence-electron chi connectivity index (χ3n) is 6.14. The number of nitrogens with zero attached hydrogens (tertiary/aromatic N) is 2. The molecule has 1 aliphatic heterocycles. The van der Waals surface area contributed by atoms with Crippen molar-refractivity contribution < 1.29 is 28.2 Å². The zero-order valence-electron chi connectivity index (χ0n) is 20.5. The molecule has 0 bridgehead atoms. The summed E-state index contributed by atoms with van der Waals surface area (Å²) in [5, 5.41) is 12.6. The average molecular weight is 517 g/mol. The molecule has 9 heteroatoms. The molecular formula is C27H33FN2O5S. The highest BCUT2D eigenvalue weighted by Gasteiger charge is 2.33. The molecular weight excluding hydrogens is 483 g/mol. The van der Waals surface area contributed by atoms with Crippen LogP contribution in [0.1, 0.15) is 35.6 Å². The monoisotopic (exact) mass is 516 g/mol. The molecule has 7 nitrogen and oxygen atoms in total. The van der Waals surface area contributed by atoms with E-state index in [2.05, 4.69) is 13.0 Å². The molecule has 1 aliphatic rings. The van der Waals surface area contributed by atoms with E-state index in [0.29, 0.717) is 37.8 Å². The number of benzene rings is 1. The fraction of sp³-hybridized carbons (Fsp3) is 0.444. The summed E-state index contributed by atoms with van der Waals surface area (Å²) in [7, 11) is 0. The highest BCUT2D eigenvalue weighted by Crippen LogP contribution is 2.34. The first kappa shape index (κ1) is 26.3. The Morgan fingerprint density at radius 3 is 2.89 bits per heavy atom. The van der Waals surface area contributed by atoms with E-state index in [0.717, 1.165) is 18.4 Å². The maximum atomic E-state index is 13.5. The van der Waals surface area contributed by atoms with Gasteiger partial charge in [0.2, 0.25) is 5.91 Å².